The van der Waals surface area contributed by atoms with E-state index >= 15 is 0 Å². The van der Waals surface area contributed by atoms with E-state index in [1.165, 1.54) is 30.5 Å². The molecule has 1 N–H and O–H groups in total. The molecule has 0 aliphatic heterocycles. The molecule has 6 nitrogen and oxygen atoms in total. The molecule has 0 saturated carbocycles. The van der Waals surface area contributed by atoms with E-state index in [0.717, 1.165) is 0 Å². The van der Waals surface area contributed by atoms with E-state index in [9.17, 15) is 13.6 Å². The summed E-state index contributed by atoms with van der Waals surface area (Å²) in [6.07, 6.45) is 4.80. The molecule has 3 aromatic rings. The number of rotatable bonds is 5. The summed E-state index contributed by atoms with van der Waals surface area (Å²) in [5.41, 5.74) is 0.816. The van der Waals surface area contributed by atoms with Crippen LogP contribution in [0.1, 0.15) is 10.4 Å². The standard InChI is InChI=1S/C16H12F2N4O2/c17-16(18)24-13-5-3-12(4-6-13)21-15(23)11-2-7-14(19-10-11)22-9-1-8-20-22/h1-10,16H,(H,21,23). The lowest BCUT2D eigenvalue weighted by Gasteiger charge is -2.08. The molecule has 0 unspecified atom stereocenters. The average molecular weight is 330 g/mol. The van der Waals surface area contributed by atoms with Crippen LogP contribution in [0.3, 0.4) is 0 Å². The highest BCUT2D eigenvalue weighted by Gasteiger charge is 2.09. The van der Waals surface area contributed by atoms with E-state index in [0.29, 0.717) is 17.1 Å². The second-order valence-corrected chi connectivity index (χ2v) is 4.71. The summed E-state index contributed by atoms with van der Waals surface area (Å²) in [6, 6.07) is 10.7. The van der Waals surface area contributed by atoms with Crippen molar-refractivity contribution in [2.45, 2.75) is 6.61 Å². The zero-order chi connectivity index (χ0) is 16.9. The van der Waals surface area contributed by atoms with Gasteiger partial charge in [-0.05, 0) is 42.5 Å². The lowest BCUT2D eigenvalue weighted by atomic mass is 10.2. The van der Waals surface area contributed by atoms with Crippen molar-refractivity contribution < 1.29 is 18.3 Å². The van der Waals surface area contributed by atoms with Crippen LogP contribution < -0.4 is 10.1 Å². The first-order chi connectivity index (χ1) is 11.6. The Hall–Kier alpha value is -3.29. The summed E-state index contributed by atoms with van der Waals surface area (Å²) in [5, 5.41) is 6.69. The fraction of sp³-hybridized carbons (Fsp3) is 0.0625. The van der Waals surface area contributed by atoms with Crippen LogP contribution in [0.15, 0.2) is 61.1 Å². The minimum Gasteiger partial charge on any atom is -0.435 e. The van der Waals surface area contributed by atoms with E-state index in [-0.39, 0.29) is 11.7 Å². The second kappa shape index (κ2) is 6.86. The van der Waals surface area contributed by atoms with E-state index in [4.69, 9.17) is 0 Å². The lowest BCUT2D eigenvalue weighted by molar-refractivity contribution is -0.0498. The summed E-state index contributed by atoms with van der Waals surface area (Å²) < 4.78 is 30.0. The predicted molar refractivity (Wildman–Crippen MR) is 82.4 cm³/mol. The highest BCUT2D eigenvalue weighted by Crippen LogP contribution is 2.18. The van der Waals surface area contributed by atoms with Gasteiger partial charge in [0.25, 0.3) is 5.91 Å². The van der Waals surface area contributed by atoms with Crippen molar-refractivity contribution >= 4 is 11.6 Å². The first kappa shape index (κ1) is 15.6. The summed E-state index contributed by atoms with van der Waals surface area (Å²) in [7, 11) is 0. The number of hydrogen-bond donors (Lipinski definition) is 1. The molecular formula is C16H12F2N4O2. The molecule has 0 radical (unpaired) electrons. The smallest absolute Gasteiger partial charge is 0.387 e. The average Bonchev–Trinajstić information content (AvgIpc) is 3.11. The maximum Gasteiger partial charge on any atom is 0.387 e. The van der Waals surface area contributed by atoms with Crippen LogP contribution >= 0.6 is 0 Å². The first-order valence-electron chi connectivity index (χ1n) is 6.94. The van der Waals surface area contributed by atoms with Crippen molar-refractivity contribution in [1.82, 2.24) is 14.8 Å². The lowest BCUT2D eigenvalue weighted by Crippen LogP contribution is -2.12. The molecule has 1 aromatic carbocycles. The zero-order valence-electron chi connectivity index (χ0n) is 12.3. The van der Waals surface area contributed by atoms with Gasteiger partial charge in [-0.25, -0.2) is 9.67 Å². The summed E-state index contributed by atoms with van der Waals surface area (Å²) in [5.74, 6) is 0.246. The van der Waals surface area contributed by atoms with Gasteiger partial charge in [-0.2, -0.15) is 13.9 Å². The van der Waals surface area contributed by atoms with E-state index in [1.54, 1.807) is 35.3 Å². The van der Waals surface area contributed by atoms with Gasteiger partial charge in [0.2, 0.25) is 0 Å². The number of anilines is 1. The third-order valence-corrected chi connectivity index (χ3v) is 3.09. The molecule has 0 bridgehead atoms. The van der Waals surface area contributed by atoms with E-state index < -0.39 is 6.61 Å². The van der Waals surface area contributed by atoms with Gasteiger partial charge in [0.1, 0.15) is 5.75 Å². The van der Waals surface area contributed by atoms with Gasteiger partial charge in [-0.3, -0.25) is 4.79 Å². The molecule has 0 aliphatic rings. The van der Waals surface area contributed by atoms with Crippen molar-refractivity contribution in [3.8, 4) is 11.6 Å². The Morgan fingerprint density at radius 2 is 1.96 bits per heavy atom. The molecule has 0 fully saturated rings. The summed E-state index contributed by atoms with van der Waals surface area (Å²) in [6.45, 7) is -2.88. The van der Waals surface area contributed by atoms with Gasteiger partial charge in [0, 0.05) is 24.3 Å². The third kappa shape index (κ3) is 3.72. The number of carbonyl (C=O) groups is 1. The van der Waals surface area contributed by atoms with Crippen molar-refractivity contribution in [3.63, 3.8) is 0 Å². The number of carbonyl (C=O) groups excluding carboxylic acids is 1. The minimum atomic E-state index is -2.88. The molecule has 24 heavy (non-hydrogen) atoms. The quantitative estimate of drug-likeness (QED) is 0.780. The number of ether oxygens (including phenoxy) is 1. The van der Waals surface area contributed by atoms with Gasteiger partial charge >= 0.3 is 6.61 Å². The van der Waals surface area contributed by atoms with Gasteiger partial charge < -0.3 is 10.1 Å². The molecule has 0 spiro atoms. The largest absolute Gasteiger partial charge is 0.435 e. The van der Waals surface area contributed by atoms with Crippen LogP contribution in [0.25, 0.3) is 5.82 Å². The third-order valence-electron chi connectivity index (χ3n) is 3.09. The molecule has 1 amide bonds. The first-order valence-corrected chi connectivity index (χ1v) is 6.94. The van der Waals surface area contributed by atoms with Crippen molar-refractivity contribution in [2.24, 2.45) is 0 Å². The monoisotopic (exact) mass is 330 g/mol. The van der Waals surface area contributed by atoms with Crippen molar-refractivity contribution in [1.29, 1.82) is 0 Å². The number of pyridine rings is 1. The Morgan fingerprint density at radius 1 is 1.17 bits per heavy atom. The fourth-order valence-corrected chi connectivity index (χ4v) is 1.98. The maximum atomic E-state index is 12.1. The Bertz CT molecular complexity index is 803. The van der Waals surface area contributed by atoms with Crippen molar-refractivity contribution in [2.75, 3.05) is 5.32 Å². The Balaban J connectivity index is 1.66. The number of halogens is 2. The summed E-state index contributed by atoms with van der Waals surface area (Å²) >= 11 is 0. The molecule has 2 aromatic heterocycles. The molecule has 0 saturated heterocycles. The number of alkyl halides is 2. The number of aromatic nitrogens is 3. The predicted octanol–water partition coefficient (Wildman–Crippen LogP) is 3.12. The molecule has 0 atom stereocenters. The maximum absolute atomic E-state index is 12.1. The summed E-state index contributed by atoms with van der Waals surface area (Å²) in [4.78, 5) is 16.3. The molecular weight excluding hydrogens is 318 g/mol. The van der Waals surface area contributed by atoms with Crippen LogP contribution in [0, 0.1) is 0 Å². The zero-order valence-corrected chi connectivity index (χ0v) is 12.3. The van der Waals surface area contributed by atoms with Gasteiger partial charge in [0.15, 0.2) is 5.82 Å². The molecule has 2 heterocycles. The molecule has 3 rings (SSSR count). The SMILES string of the molecule is O=C(Nc1ccc(OC(F)F)cc1)c1ccc(-n2cccn2)nc1. The Kier molecular flexibility index (Phi) is 4.46. The van der Waals surface area contributed by atoms with E-state index in [1.807, 2.05) is 0 Å². The Morgan fingerprint density at radius 3 is 2.54 bits per heavy atom. The van der Waals surface area contributed by atoms with Crippen LogP contribution in [0.5, 0.6) is 5.75 Å². The Labute approximate surface area is 135 Å². The second-order valence-electron chi connectivity index (χ2n) is 4.71. The van der Waals surface area contributed by atoms with Crippen LogP contribution in [0.2, 0.25) is 0 Å². The minimum absolute atomic E-state index is 0.0215. The number of amides is 1. The molecule has 0 aliphatic carbocycles. The van der Waals surface area contributed by atoms with Gasteiger partial charge in [0.05, 0.1) is 5.56 Å². The highest BCUT2D eigenvalue weighted by atomic mass is 19.3. The molecule has 122 valence electrons. The number of benzene rings is 1. The van der Waals surface area contributed by atoms with Gasteiger partial charge in [-0.1, -0.05) is 0 Å². The highest BCUT2D eigenvalue weighted by molar-refractivity contribution is 6.04. The molecule has 8 heteroatoms. The number of nitrogens with zero attached hydrogens (tertiary/aromatic N) is 3. The normalized spacial score (nSPS) is 10.6. The number of hydrogen-bond acceptors (Lipinski definition) is 4. The van der Waals surface area contributed by atoms with Crippen molar-refractivity contribution in [3.05, 3.63) is 66.6 Å². The van der Waals surface area contributed by atoms with Crippen LogP contribution in [-0.2, 0) is 0 Å². The van der Waals surface area contributed by atoms with Crippen LogP contribution in [0.4, 0.5) is 14.5 Å². The topological polar surface area (TPSA) is 69.0 Å². The van der Waals surface area contributed by atoms with Crippen LogP contribution in [-0.4, -0.2) is 27.3 Å². The fourth-order valence-electron chi connectivity index (χ4n) is 1.98. The number of nitrogens with one attached hydrogen (secondary N) is 1. The van der Waals surface area contributed by atoms with E-state index in [2.05, 4.69) is 20.1 Å². The van der Waals surface area contributed by atoms with Gasteiger partial charge in [-0.15, -0.1) is 0 Å².